The lowest BCUT2D eigenvalue weighted by atomic mass is 9.97. The Hall–Kier alpha value is -2.16. The van der Waals surface area contributed by atoms with Crippen molar-refractivity contribution in [2.45, 2.75) is 31.7 Å². The van der Waals surface area contributed by atoms with Crippen LogP contribution in [0.1, 0.15) is 36.2 Å². The van der Waals surface area contributed by atoms with Gasteiger partial charge in [0.15, 0.2) is 0 Å². The van der Waals surface area contributed by atoms with Crippen molar-refractivity contribution < 1.29 is 14.1 Å². The van der Waals surface area contributed by atoms with E-state index in [9.17, 15) is 9.59 Å². The molecule has 8 nitrogen and oxygen atoms in total. The summed E-state index contributed by atoms with van der Waals surface area (Å²) in [6.07, 6.45) is 5.52. The lowest BCUT2D eigenvalue weighted by molar-refractivity contribution is -0.123. The van der Waals surface area contributed by atoms with E-state index >= 15 is 0 Å². The van der Waals surface area contributed by atoms with Gasteiger partial charge in [0.25, 0.3) is 5.91 Å². The second-order valence-corrected chi connectivity index (χ2v) is 7.44. The third-order valence-electron chi connectivity index (χ3n) is 5.40. The summed E-state index contributed by atoms with van der Waals surface area (Å²) in [4.78, 5) is 31.0. The van der Waals surface area contributed by atoms with Crippen molar-refractivity contribution in [1.29, 1.82) is 0 Å². The van der Waals surface area contributed by atoms with E-state index in [1.165, 1.54) is 0 Å². The first-order chi connectivity index (χ1) is 13.7. The Morgan fingerprint density at radius 1 is 1.20 bits per heavy atom. The van der Waals surface area contributed by atoms with Gasteiger partial charge in [0.1, 0.15) is 5.69 Å². The maximum absolute atomic E-state index is 12.8. The fraction of sp³-hybridized carbons (Fsp3) is 0.500. The molecular formula is C20H27Cl2N5O3. The van der Waals surface area contributed by atoms with Crippen LogP contribution in [0.2, 0.25) is 0 Å². The Kier molecular flexibility index (Phi) is 9.08. The minimum atomic E-state index is -0.164. The summed E-state index contributed by atoms with van der Waals surface area (Å²) in [5.74, 6) is 0.376. The summed E-state index contributed by atoms with van der Waals surface area (Å²) in [7, 11) is 0. The van der Waals surface area contributed by atoms with E-state index in [0.717, 1.165) is 32.2 Å². The van der Waals surface area contributed by atoms with Crippen LogP contribution < -0.4 is 10.6 Å². The second kappa shape index (κ2) is 11.3. The smallest absolute Gasteiger partial charge is 0.292 e. The highest BCUT2D eigenvalue weighted by atomic mass is 35.5. The molecule has 30 heavy (non-hydrogen) atoms. The Bertz CT molecular complexity index is 827. The minimum absolute atomic E-state index is 0. The van der Waals surface area contributed by atoms with Crippen molar-refractivity contribution in [3.63, 3.8) is 0 Å². The van der Waals surface area contributed by atoms with E-state index in [1.54, 1.807) is 17.2 Å². The molecule has 2 aromatic rings. The molecule has 0 aliphatic carbocycles. The number of carbonyl (C=O) groups excluding carboxylic acids is 2. The van der Waals surface area contributed by atoms with Crippen molar-refractivity contribution in [1.82, 2.24) is 25.7 Å². The highest BCUT2D eigenvalue weighted by Gasteiger charge is 2.28. The van der Waals surface area contributed by atoms with Gasteiger partial charge in [-0.25, -0.2) is 0 Å². The quantitative estimate of drug-likeness (QED) is 0.716. The zero-order chi connectivity index (χ0) is 19.3. The fourth-order valence-electron chi connectivity index (χ4n) is 3.86. The van der Waals surface area contributed by atoms with Gasteiger partial charge in [0.2, 0.25) is 11.7 Å². The molecule has 0 spiro atoms. The van der Waals surface area contributed by atoms with Crippen LogP contribution >= 0.6 is 24.8 Å². The number of nitrogens with one attached hydrogen (secondary N) is 2. The summed E-state index contributed by atoms with van der Waals surface area (Å²) in [6.45, 7) is 2.79. The lowest BCUT2D eigenvalue weighted by Gasteiger charge is -2.32. The molecule has 2 unspecified atom stereocenters. The van der Waals surface area contributed by atoms with Crippen LogP contribution in [0, 0.1) is 5.92 Å². The summed E-state index contributed by atoms with van der Waals surface area (Å²) in [5.41, 5.74) is 1.22. The number of aromatic nitrogens is 2. The number of nitrogens with zero attached hydrogens (tertiary/aromatic N) is 3. The van der Waals surface area contributed by atoms with Crippen LogP contribution in [-0.4, -0.2) is 59.1 Å². The molecule has 164 valence electrons. The number of piperidine rings is 1. The SMILES string of the molecule is Cl.Cl.O=C(NCC1CCCN(C(=O)c2cc(-c3ccccn3)no2)C1)C1CCCN1. The van der Waals surface area contributed by atoms with Crippen molar-refractivity contribution in [3.05, 3.63) is 36.2 Å². The van der Waals surface area contributed by atoms with Crippen molar-refractivity contribution in [2.24, 2.45) is 5.92 Å². The van der Waals surface area contributed by atoms with Crippen LogP contribution in [0.25, 0.3) is 11.4 Å². The van der Waals surface area contributed by atoms with Gasteiger partial charge in [-0.15, -0.1) is 24.8 Å². The normalized spacial score (nSPS) is 20.7. The van der Waals surface area contributed by atoms with Crippen molar-refractivity contribution in [2.75, 3.05) is 26.2 Å². The number of carbonyl (C=O) groups is 2. The van der Waals surface area contributed by atoms with Gasteiger partial charge in [-0.2, -0.15) is 0 Å². The summed E-state index contributed by atoms with van der Waals surface area (Å²) < 4.78 is 5.28. The first-order valence-corrected chi connectivity index (χ1v) is 9.89. The van der Waals surface area contributed by atoms with E-state index in [4.69, 9.17) is 4.52 Å². The number of amides is 2. The van der Waals surface area contributed by atoms with E-state index in [0.29, 0.717) is 31.0 Å². The second-order valence-electron chi connectivity index (χ2n) is 7.44. The molecule has 2 fully saturated rings. The van der Waals surface area contributed by atoms with Crippen LogP contribution in [0.5, 0.6) is 0 Å². The lowest BCUT2D eigenvalue weighted by Crippen LogP contribution is -2.46. The van der Waals surface area contributed by atoms with Gasteiger partial charge in [0.05, 0.1) is 11.7 Å². The average Bonchev–Trinajstić information content (AvgIpc) is 3.45. The third-order valence-corrected chi connectivity index (χ3v) is 5.40. The molecule has 2 amide bonds. The zero-order valence-corrected chi connectivity index (χ0v) is 18.2. The number of rotatable bonds is 5. The average molecular weight is 456 g/mol. The van der Waals surface area contributed by atoms with E-state index < -0.39 is 0 Å². The molecule has 0 saturated carbocycles. The maximum Gasteiger partial charge on any atom is 0.292 e. The third kappa shape index (κ3) is 5.71. The number of pyridine rings is 1. The minimum Gasteiger partial charge on any atom is -0.354 e. The van der Waals surface area contributed by atoms with E-state index in [1.807, 2.05) is 18.2 Å². The summed E-state index contributed by atoms with van der Waals surface area (Å²) in [6, 6.07) is 7.08. The Balaban J connectivity index is 0.00000160. The molecule has 2 N–H and O–H groups in total. The highest BCUT2D eigenvalue weighted by Crippen LogP contribution is 2.21. The molecule has 0 radical (unpaired) electrons. The largest absolute Gasteiger partial charge is 0.354 e. The molecule has 0 bridgehead atoms. The number of likely N-dealkylation sites (tertiary alicyclic amines) is 1. The van der Waals surface area contributed by atoms with Crippen molar-refractivity contribution in [3.8, 4) is 11.4 Å². The monoisotopic (exact) mass is 455 g/mol. The van der Waals surface area contributed by atoms with Crippen LogP contribution in [-0.2, 0) is 4.79 Å². The van der Waals surface area contributed by atoms with Gasteiger partial charge in [-0.1, -0.05) is 11.2 Å². The first-order valence-electron chi connectivity index (χ1n) is 9.89. The number of hydrogen-bond donors (Lipinski definition) is 2. The standard InChI is InChI=1S/C20H25N5O3.2ClH/c26-19(16-7-3-9-22-16)23-12-14-5-4-10-25(13-14)20(27)18-11-17(24-28-18)15-6-1-2-8-21-15;;/h1-2,6,8,11,14,16,22H,3-5,7,9-10,12-13H2,(H,23,26);2*1H. The molecule has 2 saturated heterocycles. The van der Waals surface area contributed by atoms with Gasteiger partial charge >= 0.3 is 0 Å². The predicted octanol–water partition coefficient (Wildman–Crippen LogP) is 2.30. The predicted molar refractivity (Wildman–Crippen MR) is 117 cm³/mol. The van der Waals surface area contributed by atoms with Crippen LogP contribution in [0.3, 0.4) is 0 Å². The highest BCUT2D eigenvalue weighted by molar-refractivity contribution is 5.92. The molecular weight excluding hydrogens is 429 g/mol. The molecule has 2 atom stereocenters. The van der Waals surface area contributed by atoms with E-state index in [-0.39, 0.29) is 54.3 Å². The summed E-state index contributed by atoms with van der Waals surface area (Å²) in [5, 5.41) is 10.2. The van der Waals surface area contributed by atoms with Gasteiger partial charge in [-0.3, -0.25) is 14.6 Å². The molecule has 2 aromatic heterocycles. The molecule has 10 heteroatoms. The van der Waals surface area contributed by atoms with Gasteiger partial charge < -0.3 is 20.1 Å². The van der Waals surface area contributed by atoms with Crippen LogP contribution in [0.4, 0.5) is 0 Å². The van der Waals surface area contributed by atoms with Gasteiger partial charge in [-0.05, 0) is 50.3 Å². The van der Waals surface area contributed by atoms with Gasteiger partial charge in [0, 0.05) is 31.9 Å². The van der Waals surface area contributed by atoms with Crippen molar-refractivity contribution >= 4 is 36.6 Å². The Morgan fingerprint density at radius 3 is 2.80 bits per heavy atom. The number of halogens is 2. The molecule has 2 aliphatic rings. The molecule has 4 heterocycles. The van der Waals surface area contributed by atoms with E-state index in [2.05, 4.69) is 20.8 Å². The maximum atomic E-state index is 12.8. The molecule has 0 aromatic carbocycles. The zero-order valence-electron chi connectivity index (χ0n) is 16.6. The fourth-order valence-corrected chi connectivity index (χ4v) is 3.86. The molecule has 2 aliphatic heterocycles. The Labute approximate surface area is 188 Å². The number of hydrogen-bond acceptors (Lipinski definition) is 6. The topological polar surface area (TPSA) is 100 Å². The Morgan fingerprint density at radius 2 is 2.07 bits per heavy atom. The first kappa shape index (κ1) is 24.1. The molecule has 4 rings (SSSR count). The van der Waals surface area contributed by atoms with Crippen LogP contribution in [0.15, 0.2) is 35.0 Å². The summed E-state index contributed by atoms with van der Waals surface area (Å²) >= 11 is 0.